The van der Waals surface area contributed by atoms with Crippen molar-refractivity contribution in [1.29, 1.82) is 0 Å². The zero-order valence-electron chi connectivity index (χ0n) is 12.5. The van der Waals surface area contributed by atoms with Crippen molar-refractivity contribution in [2.75, 3.05) is 17.7 Å². The topological polar surface area (TPSA) is 47.3 Å². The van der Waals surface area contributed by atoms with E-state index < -0.39 is 5.82 Å². The average Bonchev–Trinajstić information content (AvgIpc) is 2.94. The highest BCUT2D eigenvalue weighted by Gasteiger charge is 2.19. The smallest absolute Gasteiger partial charge is 0.167 e. The Hall–Kier alpha value is -1.75. The molecule has 3 N–H and O–H groups in total. The van der Waals surface area contributed by atoms with Crippen LogP contribution in [0.1, 0.15) is 31.7 Å². The molecule has 1 unspecified atom stereocenters. The Bertz CT molecular complexity index is 584. The summed E-state index contributed by atoms with van der Waals surface area (Å²) in [6.45, 7) is 6.52. The van der Waals surface area contributed by atoms with Gasteiger partial charge in [0.2, 0.25) is 0 Å². The first kappa shape index (κ1) is 15.6. The molecule has 0 fully saturated rings. The number of thiophene rings is 1. The van der Waals surface area contributed by atoms with E-state index in [-0.39, 0.29) is 11.8 Å². The second kappa shape index (κ2) is 6.80. The molecule has 3 nitrogen and oxygen atoms in total. The average molecular weight is 308 g/mol. The van der Waals surface area contributed by atoms with Gasteiger partial charge >= 0.3 is 0 Å². The third-order valence-corrected chi connectivity index (χ3v) is 4.19. The third kappa shape index (κ3) is 3.67. The Balaban J connectivity index is 2.30. The van der Waals surface area contributed by atoms with E-state index in [2.05, 4.69) is 25.2 Å². The Labute approximate surface area is 128 Å². The van der Waals surface area contributed by atoms with Crippen molar-refractivity contribution in [2.45, 2.75) is 26.8 Å². The maximum Gasteiger partial charge on any atom is 0.167 e. The summed E-state index contributed by atoms with van der Waals surface area (Å²) >= 11 is 1.69. The summed E-state index contributed by atoms with van der Waals surface area (Å²) in [6.07, 6.45) is 0. The molecule has 1 heterocycles. The number of halogens is 1. The fraction of sp³-hybridized carbons (Fsp3) is 0.375. The summed E-state index contributed by atoms with van der Waals surface area (Å²) in [6, 6.07) is 7.19. The summed E-state index contributed by atoms with van der Waals surface area (Å²) < 4.78 is 19.1. The van der Waals surface area contributed by atoms with Gasteiger partial charge in [0.05, 0.1) is 24.0 Å². The first-order chi connectivity index (χ1) is 10.0. The number of hydrogen-bond donors (Lipinski definition) is 2. The van der Waals surface area contributed by atoms with Gasteiger partial charge in [-0.1, -0.05) is 19.9 Å². The van der Waals surface area contributed by atoms with E-state index in [1.165, 1.54) is 10.9 Å². The minimum Gasteiger partial charge on any atom is -0.491 e. The summed E-state index contributed by atoms with van der Waals surface area (Å²) in [7, 11) is 0. The molecule has 1 aromatic heterocycles. The normalized spacial score (nSPS) is 12.4. The number of nitrogen functional groups attached to an aromatic ring is 1. The van der Waals surface area contributed by atoms with Crippen molar-refractivity contribution in [3.63, 3.8) is 0 Å². The Morgan fingerprint density at radius 1 is 1.38 bits per heavy atom. The highest BCUT2D eigenvalue weighted by molar-refractivity contribution is 7.10. The van der Waals surface area contributed by atoms with Gasteiger partial charge in [0, 0.05) is 17.0 Å². The van der Waals surface area contributed by atoms with Crippen molar-refractivity contribution in [3.05, 3.63) is 40.3 Å². The monoisotopic (exact) mass is 308 g/mol. The van der Waals surface area contributed by atoms with Gasteiger partial charge in [-0.2, -0.15) is 0 Å². The van der Waals surface area contributed by atoms with Crippen molar-refractivity contribution in [2.24, 2.45) is 5.92 Å². The number of anilines is 2. The molecular formula is C16H21FN2OS. The van der Waals surface area contributed by atoms with Gasteiger partial charge in [0.15, 0.2) is 11.6 Å². The Morgan fingerprint density at radius 2 is 2.14 bits per heavy atom. The van der Waals surface area contributed by atoms with Crippen molar-refractivity contribution < 1.29 is 9.13 Å². The van der Waals surface area contributed by atoms with E-state index in [1.807, 2.05) is 18.4 Å². The minimum absolute atomic E-state index is 0.132. The van der Waals surface area contributed by atoms with Crippen LogP contribution in [0.4, 0.5) is 15.8 Å². The summed E-state index contributed by atoms with van der Waals surface area (Å²) in [5, 5.41) is 5.46. The lowest BCUT2D eigenvalue weighted by atomic mass is 10.0. The number of hydrogen-bond acceptors (Lipinski definition) is 4. The third-order valence-electron chi connectivity index (χ3n) is 3.23. The largest absolute Gasteiger partial charge is 0.491 e. The molecule has 0 bridgehead atoms. The SMILES string of the molecule is CCOc1cc(NC(c2cccs2)C(C)C)c(N)cc1F. The van der Waals surface area contributed by atoms with E-state index >= 15 is 0 Å². The van der Waals surface area contributed by atoms with Crippen LogP contribution in [-0.4, -0.2) is 6.61 Å². The van der Waals surface area contributed by atoms with E-state index in [9.17, 15) is 4.39 Å². The number of nitrogens with one attached hydrogen (secondary N) is 1. The van der Waals surface area contributed by atoms with Crippen LogP contribution in [0.2, 0.25) is 0 Å². The zero-order valence-corrected chi connectivity index (χ0v) is 13.3. The van der Waals surface area contributed by atoms with Gasteiger partial charge in [0.1, 0.15) is 0 Å². The maximum absolute atomic E-state index is 13.8. The van der Waals surface area contributed by atoms with Gasteiger partial charge in [-0.25, -0.2) is 4.39 Å². The molecule has 21 heavy (non-hydrogen) atoms. The lowest BCUT2D eigenvalue weighted by Gasteiger charge is -2.24. The van der Waals surface area contributed by atoms with Gasteiger partial charge in [-0.3, -0.25) is 0 Å². The second-order valence-corrected chi connectivity index (χ2v) is 6.16. The van der Waals surface area contributed by atoms with Crippen LogP contribution in [0.3, 0.4) is 0 Å². The molecule has 1 aromatic carbocycles. The Morgan fingerprint density at radius 3 is 2.71 bits per heavy atom. The van der Waals surface area contributed by atoms with Crippen LogP contribution in [0.25, 0.3) is 0 Å². The van der Waals surface area contributed by atoms with Crippen LogP contribution in [0.15, 0.2) is 29.6 Å². The predicted octanol–water partition coefficient (Wildman–Crippen LogP) is 4.68. The first-order valence-corrected chi connectivity index (χ1v) is 7.92. The lowest BCUT2D eigenvalue weighted by molar-refractivity contribution is 0.322. The van der Waals surface area contributed by atoms with Crippen LogP contribution in [0.5, 0.6) is 5.75 Å². The van der Waals surface area contributed by atoms with Gasteiger partial charge in [-0.05, 0) is 24.3 Å². The van der Waals surface area contributed by atoms with E-state index in [0.717, 1.165) is 0 Å². The van der Waals surface area contributed by atoms with Crippen molar-refractivity contribution >= 4 is 22.7 Å². The first-order valence-electron chi connectivity index (χ1n) is 7.04. The number of benzene rings is 1. The molecule has 0 amide bonds. The molecule has 1 atom stereocenters. The summed E-state index contributed by atoms with van der Waals surface area (Å²) in [5.41, 5.74) is 7.02. The van der Waals surface area contributed by atoms with Gasteiger partial charge < -0.3 is 15.8 Å². The maximum atomic E-state index is 13.8. The van der Waals surface area contributed by atoms with E-state index in [0.29, 0.717) is 23.9 Å². The fourth-order valence-corrected chi connectivity index (χ4v) is 3.11. The molecule has 0 aliphatic rings. The number of ether oxygens (including phenoxy) is 1. The van der Waals surface area contributed by atoms with E-state index in [1.54, 1.807) is 17.4 Å². The van der Waals surface area contributed by atoms with Crippen LogP contribution in [-0.2, 0) is 0 Å². The number of rotatable bonds is 6. The van der Waals surface area contributed by atoms with Crippen LogP contribution in [0, 0.1) is 11.7 Å². The molecular weight excluding hydrogens is 287 g/mol. The molecule has 2 rings (SSSR count). The molecule has 0 radical (unpaired) electrons. The lowest BCUT2D eigenvalue weighted by Crippen LogP contribution is -2.16. The highest BCUT2D eigenvalue weighted by Crippen LogP contribution is 2.34. The summed E-state index contributed by atoms with van der Waals surface area (Å²) in [4.78, 5) is 1.23. The molecule has 2 aromatic rings. The predicted molar refractivity (Wildman–Crippen MR) is 87.5 cm³/mol. The molecule has 5 heteroatoms. The zero-order chi connectivity index (χ0) is 15.4. The standard InChI is InChI=1S/C16H21FN2OS/c1-4-20-14-9-13(12(18)8-11(14)17)19-16(10(2)3)15-6-5-7-21-15/h5-10,16,19H,4,18H2,1-3H3. The Kier molecular flexibility index (Phi) is 5.07. The fourth-order valence-electron chi connectivity index (χ4n) is 2.16. The molecule has 114 valence electrons. The van der Waals surface area contributed by atoms with E-state index in [4.69, 9.17) is 10.5 Å². The van der Waals surface area contributed by atoms with Crippen molar-refractivity contribution in [3.8, 4) is 5.75 Å². The molecule has 0 aliphatic carbocycles. The van der Waals surface area contributed by atoms with Gasteiger partial charge in [0.25, 0.3) is 0 Å². The number of nitrogens with two attached hydrogens (primary N) is 1. The van der Waals surface area contributed by atoms with Crippen LogP contribution >= 0.6 is 11.3 Å². The molecule has 0 aliphatic heterocycles. The summed E-state index contributed by atoms with van der Waals surface area (Å²) in [5.74, 6) is 0.170. The van der Waals surface area contributed by atoms with Crippen molar-refractivity contribution in [1.82, 2.24) is 0 Å². The van der Waals surface area contributed by atoms with Crippen LogP contribution < -0.4 is 15.8 Å². The quantitative estimate of drug-likeness (QED) is 0.762. The van der Waals surface area contributed by atoms with Gasteiger partial charge in [-0.15, -0.1) is 11.3 Å². The minimum atomic E-state index is -0.433. The molecule has 0 saturated carbocycles. The second-order valence-electron chi connectivity index (χ2n) is 5.18. The molecule has 0 spiro atoms. The highest BCUT2D eigenvalue weighted by atomic mass is 32.1. The molecule has 0 saturated heterocycles.